The molecule has 0 radical (unpaired) electrons. The smallest absolute Gasteiger partial charge is 0.170 e. The molecule has 0 spiro atoms. The second-order valence-corrected chi connectivity index (χ2v) is 9.23. The molecular weight excluding hydrogens is 379 g/mol. The summed E-state index contributed by atoms with van der Waals surface area (Å²) >= 11 is 0. The van der Waals surface area contributed by atoms with Crippen LogP contribution in [-0.4, -0.2) is 5.60 Å². The zero-order valence-corrected chi connectivity index (χ0v) is 17.3. The molecule has 0 atom stereocenters. The first-order valence-electron chi connectivity index (χ1n) is 9.98. The lowest BCUT2D eigenvalue weighted by Gasteiger charge is -2.25. The summed E-state index contributed by atoms with van der Waals surface area (Å²) in [7, 11) is -0.374. The average molecular weight is 404 g/mol. The van der Waals surface area contributed by atoms with Crippen LogP contribution in [0.5, 0.6) is 5.75 Å². The summed E-state index contributed by atoms with van der Waals surface area (Å²) in [5.74, 6) is 6.12. The zero-order chi connectivity index (χ0) is 20.1. The van der Waals surface area contributed by atoms with Crippen LogP contribution in [0.15, 0.2) is 93.5 Å². The summed E-state index contributed by atoms with van der Waals surface area (Å²) in [6.45, 7) is 1.81. The minimum Gasteiger partial charge on any atom is -0.472 e. The highest BCUT2D eigenvalue weighted by atomic mass is 32.2. The Morgan fingerprint density at radius 2 is 1.41 bits per heavy atom. The SMILES string of the molecule is CC#CC1(Oc2ccc([S+](c3ccccc3)c3ccccc3)cc2F)CCCC1. The van der Waals surface area contributed by atoms with E-state index in [9.17, 15) is 0 Å². The van der Waals surface area contributed by atoms with Gasteiger partial charge in [0.2, 0.25) is 0 Å². The third-order valence-electron chi connectivity index (χ3n) is 5.17. The van der Waals surface area contributed by atoms with Crippen LogP contribution in [0.3, 0.4) is 0 Å². The molecule has 3 aromatic rings. The van der Waals surface area contributed by atoms with Crippen LogP contribution >= 0.6 is 0 Å². The van der Waals surface area contributed by atoms with E-state index in [1.54, 1.807) is 12.1 Å². The Bertz CT molecular complexity index is 975. The van der Waals surface area contributed by atoms with Gasteiger partial charge < -0.3 is 4.74 Å². The molecule has 146 valence electrons. The quantitative estimate of drug-likeness (QED) is 0.343. The molecule has 1 fully saturated rings. The number of hydrogen-bond acceptors (Lipinski definition) is 1. The standard InChI is InChI=1S/C26H24FOS/c1-2-17-26(18-9-10-19-26)28-25-16-15-23(20-24(25)27)29(21-11-5-3-6-12-21)22-13-7-4-8-14-22/h3-8,11-16,20H,9-10,18-19H2,1H3/q+1. The van der Waals surface area contributed by atoms with Crippen LogP contribution in [0.2, 0.25) is 0 Å². The Morgan fingerprint density at radius 3 is 1.93 bits per heavy atom. The molecular formula is C26H24FOS+. The molecule has 0 aliphatic heterocycles. The van der Waals surface area contributed by atoms with Crippen molar-refractivity contribution >= 4 is 10.9 Å². The van der Waals surface area contributed by atoms with E-state index in [1.807, 2.05) is 49.4 Å². The zero-order valence-electron chi connectivity index (χ0n) is 16.5. The fourth-order valence-electron chi connectivity index (χ4n) is 3.85. The highest BCUT2D eigenvalue weighted by molar-refractivity contribution is 7.97. The molecule has 0 bridgehead atoms. The van der Waals surface area contributed by atoms with Gasteiger partial charge in [-0.05, 0) is 69.0 Å². The molecule has 0 N–H and O–H groups in total. The second-order valence-electron chi connectivity index (χ2n) is 7.20. The summed E-state index contributed by atoms with van der Waals surface area (Å²) in [6, 6.07) is 25.9. The first-order valence-corrected chi connectivity index (χ1v) is 11.2. The minimum absolute atomic E-state index is 0.295. The third-order valence-corrected chi connectivity index (χ3v) is 7.38. The van der Waals surface area contributed by atoms with Crippen molar-refractivity contribution in [3.63, 3.8) is 0 Å². The maximum atomic E-state index is 15.1. The van der Waals surface area contributed by atoms with Crippen LogP contribution in [-0.2, 0) is 10.9 Å². The van der Waals surface area contributed by atoms with E-state index in [2.05, 4.69) is 36.1 Å². The topological polar surface area (TPSA) is 9.23 Å². The van der Waals surface area contributed by atoms with Crippen LogP contribution < -0.4 is 4.74 Å². The third kappa shape index (κ3) is 4.33. The number of rotatable bonds is 5. The Morgan fingerprint density at radius 1 is 0.828 bits per heavy atom. The highest BCUT2D eigenvalue weighted by Gasteiger charge is 2.36. The van der Waals surface area contributed by atoms with E-state index in [-0.39, 0.29) is 16.7 Å². The van der Waals surface area contributed by atoms with Crippen LogP contribution in [0.1, 0.15) is 32.6 Å². The Balaban J connectivity index is 1.70. The summed E-state index contributed by atoms with van der Waals surface area (Å²) < 4.78 is 21.3. The maximum Gasteiger partial charge on any atom is 0.170 e. The number of hydrogen-bond donors (Lipinski definition) is 0. The van der Waals surface area contributed by atoms with E-state index in [4.69, 9.17) is 4.74 Å². The van der Waals surface area contributed by atoms with Gasteiger partial charge in [0, 0.05) is 6.07 Å². The maximum absolute atomic E-state index is 15.1. The van der Waals surface area contributed by atoms with Crippen molar-refractivity contribution in [3.05, 3.63) is 84.7 Å². The Hall–Kier alpha value is -2.70. The molecule has 3 aromatic carbocycles. The molecule has 1 saturated carbocycles. The largest absolute Gasteiger partial charge is 0.472 e. The van der Waals surface area contributed by atoms with Gasteiger partial charge in [-0.25, -0.2) is 4.39 Å². The predicted molar refractivity (Wildman–Crippen MR) is 117 cm³/mol. The molecule has 0 amide bonds. The van der Waals surface area contributed by atoms with E-state index in [0.717, 1.165) is 40.4 Å². The van der Waals surface area contributed by atoms with E-state index >= 15 is 4.39 Å². The van der Waals surface area contributed by atoms with Gasteiger partial charge in [0.15, 0.2) is 31.9 Å². The molecule has 1 aliphatic rings. The van der Waals surface area contributed by atoms with Gasteiger partial charge in [-0.3, -0.25) is 0 Å². The van der Waals surface area contributed by atoms with Crippen molar-refractivity contribution in [2.24, 2.45) is 0 Å². The molecule has 4 rings (SSSR count). The first-order chi connectivity index (χ1) is 14.2. The van der Waals surface area contributed by atoms with Gasteiger partial charge >= 0.3 is 0 Å². The van der Waals surface area contributed by atoms with Crippen molar-refractivity contribution < 1.29 is 9.13 Å². The van der Waals surface area contributed by atoms with Crippen molar-refractivity contribution in [1.29, 1.82) is 0 Å². The summed E-state index contributed by atoms with van der Waals surface area (Å²) in [4.78, 5) is 3.26. The number of ether oxygens (including phenoxy) is 1. The van der Waals surface area contributed by atoms with Gasteiger partial charge in [0.25, 0.3) is 0 Å². The first kappa shape index (κ1) is 19.6. The van der Waals surface area contributed by atoms with Crippen LogP contribution in [0.4, 0.5) is 4.39 Å². The fourth-order valence-corrected chi connectivity index (χ4v) is 5.95. The molecule has 0 unspecified atom stereocenters. The molecule has 1 nitrogen and oxygen atoms in total. The highest BCUT2D eigenvalue weighted by Crippen LogP contribution is 2.37. The van der Waals surface area contributed by atoms with Crippen LogP contribution in [0.25, 0.3) is 0 Å². The number of benzene rings is 3. The minimum atomic E-state index is -0.544. The normalized spacial score (nSPS) is 15.0. The summed E-state index contributed by atoms with van der Waals surface area (Å²) in [5.41, 5.74) is -0.544. The van der Waals surface area contributed by atoms with Crippen molar-refractivity contribution in [3.8, 4) is 17.6 Å². The number of halogens is 1. The molecule has 3 heteroatoms. The van der Waals surface area contributed by atoms with Gasteiger partial charge in [0.1, 0.15) is 0 Å². The van der Waals surface area contributed by atoms with Gasteiger partial charge in [-0.15, -0.1) is 5.92 Å². The van der Waals surface area contributed by atoms with Gasteiger partial charge in [0.05, 0.1) is 10.9 Å². The van der Waals surface area contributed by atoms with Crippen molar-refractivity contribution in [1.82, 2.24) is 0 Å². The van der Waals surface area contributed by atoms with Crippen molar-refractivity contribution in [2.75, 3.05) is 0 Å². The van der Waals surface area contributed by atoms with E-state index < -0.39 is 5.60 Å². The molecule has 0 aromatic heterocycles. The summed E-state index contributed by atoms with van der Waals surface area (Å²) in [5, 5.41) is 0. The molecule has 1 aliphatic carbocycles. The Labute approximate surface area is 175 Å². The van der Waals surface area contributed by atoms with Crippen molar-refractivity contribution in [2.45, 2.75) is 52.9 Å². The average Bonchev–Trinajstić information content (AvgIpc) is 3.20. The lowest BCUT2D eigenvalue weighted by molar-refractivity contribution is 0.131. The Kier molecular flexibility index (Phi) is 5.92. The van der Waals surface area contributed by atoms with Crippen LogP contribution in [0, 0.1) is 17.7 Å². The van der Waals surface area contributed by atoms with Gasteiger partial charge in [-0.1, -0.05) is 42.3 Å². The molecule has 29 heavy (non-hydrogen) atoms. The van der Waals surface area contributed by atoms with E-state index in [1.165, 1.54) is 0 Å². The van der Waals surface area contributed by atoms with Gasteiger partial charge in [-0.2, -0.15) is 0 Å². The monoisotopic (exact) mass is 403 g/mol. The molecule has 0 heterocycles. The molecule has 0 saturated heterocycles. The summed E-state index contributed by atoms with van der Waals surface area (Å²) in [6.07, 6.45) is 3.85. The predicted octanol–water partition coefficient (Wildman–Crippen LogP) is 6.64. The second kappa shape index (κ2) is 8.76. The fraction of sp³-hybridized carbons (Fsp3) is 0.231. The van der Waals surface area contributed by atoms with E-state index in [0.29, 0.717) is 5.75 Å². The lowest BCUT2D eigenvalue weighted by atomic mass is 10.0. The lowest BCUT2D eigenvalue weighted by Crippen LogP contribution is -2.31.